The smallest absolute Gasteiger partial charge is 0.254 e. The van der Waals surface area contributed by atoms with Gasteiger partial charge in [-0.3, -0.25) is 9.59 Å². The fraction of sp³-hybridized carbons (Fsp3) is 0.200. The van der Waals surface area contributed by atoms with Crippen molar-refractivity contribution in [2.75, 3.05) is 26.2 Å². The SMILES string of the molecule is CC(=O)c1cccc(S(=O)(=O)N2CCN(C(=O)c3ccccc3-c3ccccc3)CC2)c1. The summed E-state index contributed by atoms with van der Waals surface area (Å²) in [5.41, 5.74) is 2.78. The van der Waals surface area contributed by atoms with Gasteiger partial charge in [-0.15, -0.1) is 0 Å². The first-order valence-corrected chi connectivity index (χ1v) is 11.9. The number of Topliss-reactive ketones (excluding diaryl/α,β-unsaturated/α-hetero) is 1. The van der Waals surface area contributed by atoms with Gasteiger partial charge in [0.2, 0.25) is 10.0 Å². The third-order valence-corrected chi connectivity index (χ3v) is 7.54. The highest BCUT2D eigenvalue weighted by molar-refractivity contribution is 7.89. The van der Waals surface area contributed by atoms with Crippen molar-refractivity contribution in [2.45, 2.75) is 11.8 Å². The van der Waals surface area contributed by atoms with Crippen molar-refractivity contribution in [3.63, 3.8) is 0 Å². The summed E-state index contributed by atoms with van der Waals surface area (Å²) in [7, 11) is -3.74. The van der Waals surface area contributed by atoms with Gasteiger partial charge in [-0.05, 0) is 36.2 Å². The molecule has 3 aromatic rings. The summed E-state index contributed by atoms with van der Waals surface area (Å²) in [5, 5.41) is 0. The van der Waals surface area contributed by atoms with E-state index in [9.17, 15) is 18.0 Å². The number of piperazine rings is 1. The third-order valence-electron chi connectivity index (χ3n) is 5.65. The highest BCUT2D eigenvalue weighted by Crippen LogP contribution is 2.26. The van der Waals surface area contributed by atoms with Crippen LogP contribution in [0.2, 0.25) is 0 Å². The van der Waals surface area contributed by atoms with Gasteiger partial charge in [0.25, 0.3) is 5.91 Å². The van der Waals surface area contributed by atoms with Crippen molar-refractivity contribution in [1.29, 1.82) is 0 Å². The number of hydrogen-bond acceptors (Lipinski definition) is 4. The first-order chi connectivity index (χ1) is 15.4. The zero-order chi connectivity index (χ0) is 22.7. The summed E-state index contributed by atoms with van der Waals surface area (Å²) in [5.74, 6) is -0.297. The number of ketones is 1. The maximum absolute atomic E-state index is 13.3. The molecule has 0 aromatic heterocycles. The second-order valence-electron chi connectivity index (χ2n) is 7.69. The van der Waals surface area contributed by atoms with Crippen molar-refractivity contribution < 1.29 is 18.0 Å². The van der Waals surface area contributed by atoms with E-state index in [0.29, 0.717) is 24.2 Å². The fourth-order valence-corrected chi connectivity index (χ4v) is 5.33. The van der Waals surface area contributed by atoms with E-state index < -0.39 is 10.0 Å². The van der Waals surface area contributed by atoms with Crippen molar-refractivity contribution in [2.24, 2.45) is 0 Å². The molecule has 1 aliphatic rings. The van der Waals surface area contributed by atoms with Gasteiger partial charge in [-0.2, -0.15) is 4.31 Å². The molecular weight excluding hydrogens is 424 g/mol. The Morgan fingerprint density at radius 2 is 1.44 bits per heavy atom. The minimum atomic E-state index is -3.74. The largest absolute Gasteiger partial charge is 0.336 e. The molecule has 1 amide bonds. The molecule has 7 heteroatoms. The minimum absolute atomic E-state index is 0.0967. The average molecular weight is 449 g/mol. The predicted molar refractivity (Wildman–Crippen MR) is 123 cm³/mol. The zero-order valence-corrected chi connectivity index (χ0v) is 18.6. The Kier molecular flexibility index (Phi) is 6.21. The average Bonchev–Trinajstić information content (AvgIpc) is 2.84. The van der Waals surface area contributed by atoms with Crippen LogP contribution in [0.3, 0.4) is 0 Å². The molecule has 1 saturated heterocycles. The Balaban J connectivity index is 1.51. The predicted octanol–water partition coefficient (Wildman–Crippen LogP) is 3.70. The molecular formula is C25H24N2O4S. The Bertz CT molecular complexity index is 1250. The van der Waals surface area contributed by atoms with E-state index in [1.807, 2.05) is 48.5 Å². The molecule has 1 heterocycles. The molecule has 0 bridgehead atoms. The van der Waals surface area contributed by atoms with Gasteiger partial charge in [0, 0.05) is 37.3 Å². The van der Waals surface area contributed by atoms with Gasteiger partial charge in [0.1, 0.15) is 0 Å². The lowest BCUT2D eigenvalue weighted by atomic mass is 9.99. The van der Waals surface area contributed by atoms with E-state index in [-0.39, 0.29) is 29.7 Å². The molecule has 6 nitrogen and oxygen atoms in total. The normalized spacial score (nSPS) is 14.8. The van der Waals surface area contributed by atoms with Crippen LogP contribution in [0.1, 0.15) is 27.6 Å². The summed E-state index contributed by atoms with van der Waals surface area (Å²) < 4.78 is 27.5. The molecule has 0 radical (unpaired) electrons. The molecule has 4 rings (SSSR count). The maximum Gasteiger partial charge on any atom is 0.254 e. The van der Waals surface area contributed by atoms with E-state index in [1.165, 1.54) is 23.4 Å². The number of amides is 1. The first kappa shape index (κ1) is 21.9. The van der Waals surface area contributed by atoms with Crippen LogP contribution in [0.5, 0.6) is 0 Å². The molecule has 1 aliphatic heterocycles. The van der Waals surface area contributed by atoms with Crippen molar-refractivity contribution in [3.05, 3.63) is 90.0 Å². The van der Waals surface area contributed by atoms with Crippen LogP contribution >= 0.6 is 0 Å². The molecule has 0 aliphatic carbocycles. The summed E-state index contributed by atoms with van der Waals surface area (Å²) in [4.78, 5) is 26.7. The Hall–Kier alpha value is -3.29. The number of hydrogen-bond donors (Lipinski definition) is 0. The monoisotopic (exact) mass is 448 g/mol. The summed E-state index contributed by atoms with van der Waals surface area (Å²) >= 11 is 0. The topological polar surface area (TPSA) is 74.8 Å². The molecule has 1 fully saturated rings. The van der Waals surface area contributed by atoms with Gasteiger partial charge in [-0.25, -0.2) is 8.42 Å². The summed E-state index contributed by atoms with van der Waals surface area (Å²) in [6.45, 7) is 2.41. The van der Waals surface area contributed by atoms with Crippen molar-refractivity contribution >= 4 is 21.7 Å². The molecule has 0 N–H and O–H groups in total. The van der Waals surface area contributed by atoms with E-state index in [1.54, 1.807) is 23.1 Å². The van der Waals surface area contributed by atoms with Crippen molar-refractivity contribution in [1.82, 2.24) is 9.21 Å². The summed E-state index contributed by atoms with van der Waals surface area (Å²) in [6, 6.07) is 23.3. The van der Waals surface area contributed by atoms with Crippen LogP contribution in [-0.4, -0.2) is 55.5 Å². The van der Waals surface area contributed by atoms with Gasteiger partial charge < -0.3 is 4.90 Å². The second kappa shape index (κ2) is 9.06. The van der Waals surface area contributed by atoms with Gasteiger partial charge >= 0.3 is 0 Å². The molecule has 3 aromatic carbocycles. The van der Waals surface area contributed by atoms with E-state index in [4.69, 9.17) is 0 Å². The van der Waals surface area contributed by atoms with Gasteiger partial charge in [0.05, 0.1) is 4.90 Å². The van der Waals surface area contributed by atoms with Gasteiger partial charge in [0.15, 0.2) is 5.78 Å². The lowest BCUT2D eigenvalue weighted by molar-refractivity contribution is 0.0698. The van der Waals surface area contributed by atoms with Crippen LogP contribution in [-0.2, 0) is 10.0 Å². The lowest BCUT2D eigenvalue weighted by Crippen LogP contribution is -2.50. The lowest BCUT2D eigenvalue weighted by Gasteiger charge is -2.34. The second-order valence-corrected chi connectivity index (χ2v) is 9.63. The summed E-state index contributed by atoms with van der Waals surface area (Å²) in [6.07, 6.45) is 0. The molecule has 32 heavy (non-hydrogen) atoms. The standard InChI is InChI=1S/C25H24N2O4S/c1-19(28)21-10-7-11-22(18-21)32(30,31)27-16-14-26(15-17-27)25(29)24-13-6-5-12-23(24)20-8-3-2-4-9-20/h2-13,18H,14-17H2,1H3. The number of nitrogens with zero attached hydrogens (tertiary/aromatic N) is 2. The van der Waals surface area contributed by atoms with Crippen LogP contribution in [0, 0.1) is 0 Å². The molecule has 0 saturated carbocycles. The number of benzene rings is 3. The number of carbonyl (C=O) groups excluding carboxylic acids is 2. The van der Waals surface area contributed by atoms with Crippen LogP contribution in [0.25, 0.3) is 11.1 Å². The third kappa shape index (κ3) is 4.35. The maximum atomic E-state index is 13.3. The van der Waals surface area contributed by atoms with Gasteiger partial charge in [-0.1, -0.05) is 60.7 Å². The minimum Gasteiger partial charge on any atom is -0.336 e. The van der Waals surface area contributed by atoms with Crippen LogP contribution in [0.4, 0.5) is 0 Å². The van der Waals surface area contributed by atoms with E-state index >= 15 is 0 Å². The molecule has 0 atom stereocenters. The van der Waals surface area contributed by atoms with E-state index in [2.05, 4.69) is 0 Å². The number of rotatable bonds is 5. The Labute approximate surface area is 188 Å². The molecule has 0 spiro atoms. The highest BCUT2D eigenvalue weighted by atomic mass is 32.2. The molecule has 0 unspecified atom stereocenters. The highest BCUT2D eigenvalue weighted by Gasteiger charge is 2.31. The Morgan fingerprint density at radius 3 is 2.12 bits per heavy atom. The first-order valence-electron chi connectivity index (χ1n) is 10.4. The van der Waals surface area contributed by atoms with E-state index in [0.717, 1.165) is 11.1 Å². The fourth-order valence-electron chi connectivity index (χ4n) is 3.87. The van der Waals surface area contributed by atoms with Crippen LogP contribution in [0.15, 0.2) is 83.8 Å². The molecule has 164 valence electrons. The number of carbonyl (C=O) groups is 2. The Morgan fingerprint density at radius 1 is 0.781 bits per heavy atom. The zero-order valence-electron chi connectivity index (χ0n) is 17.8. The number of sulfonamides is 1. The van der Waals surface area contributed by atoms with Crippen LogP contribution < -0.4 is 0 Å². The quantitative estimate of drug-likeness (QED) is 0.558. The van der Waals surface area contributed by atoms with Crippen molar-refractivity contribution in [3.8, 4) is 11.1 Å².